The molecule has 0 fully saturated rings. The van der Waals surface area contributed by atoms with Crippen molar-refractivity contribution in [3.8, 4) is 17.0 Å². The molecule has 1 heterocycles. The summed E-state index contributed by atoms with van der Waals surface area (Å²) in [6, 6.07) is 7.91. The number of allylic oxidation sites excluding steroid dienone is 2. The first-order chi connectivity index (χ1) is 8.54. The number of methoxy groups -OCH3 is 1. The molecule has 0 aliphatic carbocycles. The lowest BCUT2D eigenvalue weighted by Gasteiger charge is -2.24. The van der Waals surface area contributed by atoms with Crippen LogP contribution in [0.3, 0.4) is 0 Å². The number of aliphatic hydroxyl groups excluding tert-OH is 1. The zero-order chi connectivity index (χ0) is 13.3. The standard InChI is InChI=1S/C14H18N2O2/c1-10(11(2)17)16-9-14(15(16)3)12-5-7-13(18-4)8-6-12/h5-9,17H,1-4H3/b11-10-. The van der Waals surface area contributed by atoms with Gasteiger partial charge in [0.05, 0.1) is 24.7 Å². The summed E-state index contributed by atoms with van der Waals surface area (Å²) in [4.78, 5) is 0. The van der Waals surface area contributed by atoms with Gasteiger partial charge in [-0.2, -0.15) is 0 Å². The quantitative estimate of drug-likeness (QED) is 0.844. The molecule has 0 radical (unpaired) electrons. The number of rotatable bonds is 3. The number of nitrogens with zero attached hydrogens (tertiary/aromatic N) is 2. The molecule has 0 amide bonds. The summed E-state index contributed by atoms with van der Waals surface area (Å²) < 4.78 is 9.04. The fourth-order valence-corrected chi connectivity index (χ4v) is 1.86. The van der Waals surface area contributed by atoms with Crippen LogP contribution in [0.2, 0.25) is 0 Å². The van der Waals surface area contributed by atoms with Crippen molar-refractivity contribution in [3.05, 3.63) is 36.2 Å². The molecule has 18 heavy (non-hydrogen) atoms. The summed E-state index contributed by atoms with van der Waals surface area (Å²) >= 11 is 0. The Bertz CT molecular complexity index is 569. The Morgan fingerprint density at radius 3 is 2.22 bits per heavy atom. The molecule has 0 atom stereocenters. The van der Waals surface area contributed by atoms with E-state index in [4.69, 9.17) is 4.74 Å². The van der Waals surface area contributed by atoms with Gasteiger partial charge in [0, 0.05) is 12.6 Å². The Balaban J connectivity index is 2.31. The van der Waals surface area contributed by atoms with Gasteiger partial charge in [0.1, 0.15) is 11.5 Å². The molecular formula is C14H18N2O2. The number of aromatic nitrogens is 2. The molecule has 96 valence electrons. The lowest BCUT2D eigenvalue weighted by atomic mass is 10.1. The van der Waals surface area contributed by atoms with Crippen molar-refractivity contribution in [2.75, 3.05) is 7.11 Å². The van der Waals surface area contributed by atoms with Crippen molar-refractivity contribution in [2.24, 2.45) is 7.05 Å². The molecule has 0 spiro atoms. The van der Waals surface area contributed by atoms with Gasteiger partial charge in [0.25, 0.3) is 0 Å². The van der Waals surface area contributed by atoms with E-state index in [1.807, 2.05) is 53.8 Å². The highest BCUT2D eigenvalue weighted by Crippen LogP contribution is 2.26. The van der Waals surface area contributed by atoms with Gasteiger partial charge in [-0.15, -0.1) is 0 Å². The Morgan fingerprint density at radius 2 is 1.78 bits per heavy atom. The second-order valence-corrected chi connectivity index (χ2v) is 4.28. The van der Waals surface area contributed by atoms with Gasteiger partial charge < -0.3 is 9.84 Å². The van der Waals surface area contributed by atoms with Crippen molar-refractivity contribution in [1.29, 1.82) is 0 Å². The van der Waals surface area contributed by atoms with Gasteiger partial charge in [-0.25, -0.2) is 0 Å². The number of benzene rings is 1. The van der Waals surface area contributed by atoms with Crippen LogP contribution in [0, 0.1) is 0 Å². The molecule has 1 aromatic carbocycles. The normalized spacial score (nSPS) is 12.4. The predicted molar refractivity (Wildman–Crippen MR) is 72.6 cm³/mol. The molecule has 2 rings (SSSR count). The van der Waals surface area contributed by atoms with E-state index in [1.165, 1.54) is 0 Å². The monoisotopic (exact) mass is 246 g/mol. The van der Waals surface area contributed by atoms with Gasteiger partial charge in [-0.05, 0) is 38.1 Å². The van der Waals surface area contributed by atoms with Crippen LogP contribution in [0.1, 0.15) is 13.8 Å². The Hall–Kier alpha value is -2.10. The van der Waals surface area contributed by atoms with Crippen molar-refractivity contribution in [3.63, 3.8) is 0 Å². The smallest absolute Gasteiger partial charge is 0.118 e. The number of aliphatic hydroxyl groups is 1. The maximum Gasteiger partial charge on any atom is 0.118 e. The number of hydrogen-bond acceptors (Lipinski definition) is 2. The summed E-state index contributed by atoms with van der Waals surface area (Å²) in [6.07, 6.45) is 2.00. The first-order valence-corrected chi connectivity index (χ1v) is 5.80. The van der Waals surface area contributed by atoms with E-state index in [2.05, 4.69) is 0 Å². The van der Waals surface area contributed by atoms with Gasteiger partial charge in [-0.1, -0.05) is 0 Å². The van der Waals surface area contributed by atoms with Crippen molar-refractivity contribution in [1.82, 2.24) is 9.36 Å². The van der Waals surface area contributed by atoms with Crippen LogP contribution >= 0.6 is 0 Å². The first kappa shape index (κ1) is 12.4. The van der Waals surface area contributed by atoms with E-state index < -0.39 is 0 Å². The SMILES string of the molecule is COc1ccc(-c2cn(/C(C)=C(/C)O)n2C)cc1. The van der Waals surface area contributed by atoms with E-state index in [1.54, 1.807) is 14.0 Å². The molecule has 0 aliphatic heterocycles. The van der Waals surface area contributed by atoms with Crippen LogP contribution in [-0.2, 0) is 7.05 Å². The van der Waals surface area contributed by atoms with Gasteiger partial charge in [0.2, 0.25) is 0 Å². The molecule has 0 aliphatic rings. The Labute approximate surface area is 107 Å². The van der Waals surface area contributed by atoms with Gasteiger partial charge >= 0.3 is 0 Å². The molecule has 1 N–H and O–H groups in total. The third-order valence-corrected chi connectivity index (χ3v) is 3.17. The summed E-state index contributed by atoms with van der Waals surface area (Å²) in [7, 11) is 3.62. The maximum atomic E-state index is 9.46. The molecule has 4 nitrogen and oxygen atoms in total. The second-order valence-electron chi connectivity index (χ2n) is 4.28. The molecule has 4 heteroatoms. The van der Waals surface area contributed by atoms with Crippen molar-refractivity contribution < 1.29 is 9.84 Å². The highest BCUT2D eigenvalue weighted by Gasteiger charge is 2.12. The zero-order valence-corrected chi connectivity index (χ0v) is 11.1. The number of hydrogen-bond donors (Lipinski definition) is 1. The van der Waals surface area contributed by atoms with Crippen LogP contribution in [0.25, 0.3) is 17.0 Å². The molecule has 0 bridgehead atoms. The van der Waals surface area contributed by atoms with Crippen LogP contribution in [-0.4, -0.2) is 21.6 Å². The second kappa shape index (κ2) is 4.64. The minimum atomic E-state index is 0.326. The highest BCUT2D eigenvalue weighted by molar-refractivity contribution is 5.63. The molecule has 0 saturated heterocycles. The topological polar surface area (TPSA) is 39.3 Å². The minimum Gasteiger partial charge on any atom is -0.511 e. The lowest BCUT2D eigenvalue weighted by Crippen LogP contribution is -2.19. The minimum absolute atomic E-state index is 0.326. The Kier molecular flexibility index (Phi) is 3.19. The van der Waals surface area contributed by atoms with E-state index in [0.29, 0.717) is 5.76 Å². The molecule has 0 saturated carbocycles. The van der Waals surface area contributed by atoms with E-state index >= 15 is 0 Å². The van der Waals surface area contributed by atoms with E-state index in [-0.39, 0.29) is 0 Å². The third-order valence-electron chi connectivity index (χ3n) is 3.17. The average Bonchev–Trinajstić information content (AvgIpc) is 2.37. The van der Waals surface area contributed by atoms with Crippen LogP contribution in [0.4, 0.5) is 0 Å². The Morgan fingerprint density at radius 1 is 1.17 bits per heavy atom. The number of ether oxygens (including phenoxy) is 1. The molecule has 1 aromatic heterocycles. The average molecular weight is 246 g/mol. The van der Waals surface area contributed by atoms with Crippen LogP contribution in [0.15, 0.2) is 36.2 Å². The third kappa shape index (κ3) is 2.01. The zero-order valence-electron chi connectivity index (χ0n) is 11.1. The van der Waals surface area contributed by atoms with Crippen molar-refractivity contribution in [2.45, 2.75) is 13.8 Å². The van der Waals surface area contributed by atoms with Crippen molar-refractivity contribution >= 4 is 5.70 Å². The van der Waals surface area contributed by atoms with Gasteiger partial charge in [-0.3, -0.25) is 9.36 Å². The fraction of sp³-hybridized carbons (Fsp3) is 0.286. The summed E-state index contributed by atoms with van der Waals surface area (Å²) in [5.41, 5.74) is 3.06. The first-order valence-electron chi connectivity index (χ1n) is 5.80. The molecule has 0 unspecified atom stereocenters. The predicted octanol–water partition coefficient (Wildman–Crippen LogP) is 3.27. The van der Waals surface area contributed by atoms with Gasteiger partial charge in [0.15, 0.2) is 0 Å². The summed E-state index contributed by atoms with van der Waals surface area (Å²) in [5, 5.41) is 9.46. The lowest BCUT2D eigenvalue weighted by molar-refractivity contribution is 0.408. The van der Waals surface area contributed by atoms with E-state index in [9.17, 15) is 5.11 Å². The maximum absolute atomic E-state index is 9.46. The molecule has 2 aromatic rings. The van der Waals surface area contributed by atoms with E-state index in [0.717, 1.165) is 22.7 Å². The van der Waals surface area contributed by atoms with Crippen LogP contribution in [0.5, 0.6) is 5.75 Å². The summed E-state index contributed by atoms with van der Waals surface area (Å²) in [5.74, 6) is 1.17. The fourth-order valence-electron chi connectivity index (χ4n) is 1.86. The summed E-state index contributed by atoms with van der Waals surface area (Å²) in [6.45, 7) is 3.57. The highest BCUT2D eigenvalue weighted by atomic mass is 16.5. The van der Waals surface area contributed by atoms with Crippen LogP contribution < -0.4 is 4.74 Å². The molecular weight excluding hydrogens is 228 g/mol. The largest absolute Gasteiger partial charge is 0.511 e.